The van der Waals surface area contributed by atoms with Crippen LogP contribution in [0, 0.1) is 5.41 Å². The third-order valence-corrected chi connectivity index (χ3v) is 3.91. The molecule has 82 valence electrons. The molecule has 0 radical (unpaired) electrons. The highest BCUT2D eigenvalue weighted by Gasteiger charge is 2.36. The summed E-state index contributed by atoms with van der Waals surface area (Å²) in [7, 11) is 2.25. The summed E-state index contributed by atoms with van der Waals surface area (Å²) in [5.74, 6) is 0. The average molecular weight is 196 g/mol. The Morgan fingerprint density at radius 3 is 2.57 bits per heavy atom. The van der Waals surface area contributed by atoms with Gasteiger partial charge in [-0.1, -0.05) is 13.8 Å². The lowest BCUT2D eigenvalue weighted by molar-refractivity contribution is 0.120. The van der Waals surface area contributed by atoms with Crippen molar-refractivity contribution in [3.63, 3.8) is 0 Å². The Labute approximate surface area is 88.1 Å². The number of likely N-dealkylation sites (tertiary alicyclic amines) is 1. The van der Waals surface area contributed by atoms with E-state index in [0.717, 1.165) is 12.1 Å². The zero-order valence-electron chi connectivity index (χ0n) is 9.84. The lowest BCUT2D eigenvalue weighted by atomic mass is 9.68. The molecule has 0 amide bonds. The standard InChI is InChI=1S/C12H24N2/c1-12(2)7-10(8-12)13-9-11-5-4-6-14(11)3/h10-11,13H,4-9H2,1-3H3. The Kier molecular flexibility index (Phi) is 2.85. The second-order valence-electron chi connectivity index (χ2n) is 5.95. The van der Waals surface area contributed by atoms with Gasteiger partial charge in [0.15, 0.2) is 0 Å². The minimum Gasteiger partial charge on any atom is -0.312 e. The maximum absolute atomic E-state index is 3.71. The molecule has 2 nitrogen and oxygen atoms in total. The van der Waals surface area contributed by atoms with E-state index < -0.39 is 0 Å². The van der Waals surface area contributed by atoms with Gasteiger partial charge in [0.1, 0.15) is 0 Å². The Bertz CT molecular complexity index is 192. The fraction of sp³-hybridized carbons (Fsp3) is 1.00. The molecule has 0 aromatic heterocycles. The fourth-order valence-corrected chi connectivity index (χ4v) is 2.96. The molecule has 1 atom stereocenters. The average Bonchev–Trinajstić information content (AvgIpc) is 2.44. The van der Waals surface area contributed by atoms with Gasteiger partial charge in [0.05, 0.1) is 0 Å². The molecule has 2 rings (SSSR count). The third-order valence-electron chi connectivity index (χ3n) is 3.91. The Morgan fingerprint density at radius 1 is 1.36 bits per heavy atom. The van der Waals surface area contributed by atoms with E-state index in [-0.39, 0.29) is 0 Å². The van der Waals surface area contributed by atoms with Gasteiger partial charge in [-0.05, 0) is 44.7 Å². The van der Waals surface area contributed by atoms with Crippen molar-refractivity contribution in [2.75, 3.05) is 20.1 Å². The van der Waals surface area contributed by atoms with Gasteiger partial charge in [0.25, 0.3) is 0 Å². The van der Waals surface area contributed by atoms with Crippen molar-refractivity contribution in [2.45, 2.75) is 51.6 Å². The summed E-state index contributed by atoms with van der Waals surface area (Å²) in [5.41, 5.74) is 0.610. The number of hydrogen-bond acceptors (Lipinski definition) is 2. The molecule has 2 heteroatoms. The Hall–Kier alpha value is -0.0800. The fourth-order valence-electron chi connectivity index (χ4n) is 2.96. The number of likely N-dealkylation sites (N-methyl/N-ethyl adjacent to an activating group) is 1. The molecule has 0 spiro atoms. The lowest BCUT2D eigenvalue weighted by Crippen LogP contribution is -2.49. The van der Waals surface area contributed by atoms with Gasteiger partial charge in [0.2, 0.25) is 0 Å². The molecule has 1 unspecified atom stereocenters. The smallest absolute Gasteiger partial charge is 0.0218 e. The summed E-state index contributed by atoms with van der Waals surface area (Å²) in [6.45, 7) is 7.24. The van der Waals surface area contributed by atoms with Crippen LogP contribution in [0.15, 0.2) is 0 Å². The summed E-state index contributed by atoms with van der Waals surface area (Å²) in [5, 5.41) is 3.71. The number of rotatable bonds is 3. The molecule has 1 N–H and O–H groups in total. The van der Waals surface area contributed by atoms with Crippen LogP contribution < -0.4 is 5.32 Å². The van der Waals surface area contributed by atoms with Crippen molar-refractivity contribution in [1.29, 1.82) is 0 Å². The molecular weight excluding hydrogens is 172 g/mol. The normalized spacial score (nSPS) is 33.2. The topological polar surface area (TPSA) is 15.3 Å². The zero-order chi connectivity index (χ0) is 10.2. The van der Waals surface area contributed by atoms with Crippen LogP contribution in [0.5, 0.6) is 0 Å². The highest BCUT2D eigenvalue weighted by molar-refractivity contribution is 4.92. The summed E-state index contributed by atoms with van der Waals surface area (Å²) in [6, 6.07) is 1.61. The van der Waals surface area contributed by atoms with Crippen molar-refractivity contribution < 1.29 is 0 Å². The van der Waals surface area contributed by atoms with Crippen LogP contribution in [0.3, 0.4) is 0 Å². The number of hydrogen-bond donors (Lipinski definition) is 1. The lowest BCUT2D eigenvalue weighted by Gasteiger charge is -2.43. The molecule has 1 saturated heterocycles. The summed E-state index contributed by atoms with van der Waals surface area (Å²) < 4.78 is 0. The predicted molar refractivity (Wildman–Crippen MR) is 60.5 cm³/mol. The van der Waals surface area contributed by atoms with E-state index in [1.165, 1.54) is 38.8 Å². The maximum atomic E-state index is 3.71. The molecule has 1 aliphatic carbocycles. The molecule has 1 saturated carbocycles. The number of nitrogens with one attached hydrogen (secondary N) is 1. The monoisotopic (exact) mass is 196 g/mol. The Balaban J connectivity index is 1.64. The largest absolute Gasteiger partial charge is 0.312 e. The van der Waals surface area contributed by atoms with Crippen LogP contribution >= 0.6 is 0 Å². The quantitative estimate of drug-likeness (QED) is 0.741. The van der Waals surface area contributed by atoms with Gasteiger partial charge in [-0.2, -0.15) is 0 Å². The predicted octanol–water partition coefficient (Wildman–Crippen LogP) is 1.86. The van der Waals surface area contributed by atoms with E-state index in [1.54, 1.807) is 0 Å². The first kappa shape index (κ1) is 10.4. The van der Waals surface area contributed by atoms with Gasteiger partial charge in [-0.15, -0.1) is 0 Å². The first-order valence-corrected chi connectivity index (χ1v) is 6.00. The summed E-state index contributed by atoms with van der Waals surface area (Å²) >= 11 is 0. The Morgan fingerprint density at radius 2 is 2.07 bits per heavy atom. The van der Waals surface area contributed by atoms with E-state index in [1.807, 2.05) is 0 Å². The SMILES string of the molecule is CN1CCCC1CNC1CC(C)(C)C1. The molecule has 14 heavy (non-hydrogen) atoms. The molecule has 1 aliphatic heterocycles. The van der Waals surface area contributed by atoms with Crippen molar-refractivity contribution in [2.24, 2.45) is 5.41 Å². The van der Waals surface area contributed by atoms with Gasteiger partial charge >= 0.3 is 0 Å². The van der Waals surface area contributed by atoms with E-state index in [2.05, 4.69) is 31.1 Å². The molecular formula is C12H24N2. The van der Waals surface area contributed by atoms with Crippen LogP contribution in [0.2, 0.25) is 0 Å². The van der Waals surface area contributed by atoms with E-state index in [0.29, 0.717) is 5.41 Å². The van der Waals surface area contributed by atoms with E-state index >= 15 is 0 Å². The molecule has 0 bridgehead atoms. The first-order valence-electron chi connectivity index (χ1n) is 6.00. The van der Waals surface area contributed by atoms with E-state index in [4.69, 9.17) is 0 Å². The van der Waals surface area contributed by atoms with E-state index in [9.17, 15) is 0 Å². The van der Waals surface area contributed by atoms with Crippen molar-refractivity contribution in [3.05, 3.63) is 0 Å². The van der Waals surface area contributed by atoms with Crippen LogP contribution in [0.25, 0.3) is 0 Å². The van der Waals surface area contributed by atoms with Gasteiger partial charge < -0.3 is 10.2 Å². The molecule has 1 heterocycles. The molecule has 2 aliphatic rings. The van der Waals surface area contributed by atoms with Gasteiger partial charge in [-0.3, -0.25) is 0 Å². The minimum atomic E-state index is 0.610. The third kappa shape index (κ3) is 2.29. The second-order valence-corrected chi connectivity index (χ2v) is 5.95. The maximum Gasteiger partial charge on any atom is 0.0218 e. The summed E-state index contributed by atoms with van der Waals surface area (Å²) in [4.78, 5) is 2.50. The van der Waals surface area contributed by atoms with Crippen LogP contribution in [-0.4, -0.2) is 37.1 Å². The molecule has 2 fully saturated rings. The molecule has 0 aromatic carbocycles. The van der Waals surface area contributed by atoms with Gasteiger partial charge in [-0.25, -0.2) is 0 Å². The van der Waals surface area contributed by atoms with Gasteiger partial charge in [0, 0.05) is 18.6 Å². The van der Waals surface area contributed by atoms with Crippen molar-refractivity contribution in [1.82, 2.24) is 10.2 Å². The number of nitrogens with zero attached hydrogens (tertiary/aromatic N) is 1. The second kappa shape index (κ2) is 3.82. The van der Waals surface area contributed by atoms with Crippen LogP contribution in [0.4, 0.5) is 0 Å². The van der Waals surface area contributed by atoms with Crippen LogP contribution in [-0.2, 0) is 0 Å². The van der Waals surface area contributed by atoms with Crippen molar-refractivity contribution in [3.8, 4) is 0 Å². The summed E-state index contributed by atoms with van der Waals surface area (Å²) in [6.07, 6.45) is 5.51. The zero-order valence-corrected chi connectivity index (χ0v) is 9.84. The van der Waals surface area contributed by atoms with Crippen LogP contribution in [0.1, 0.15) is 39.5 Å². The highest BCUT2D eigenvalue weighted by atomic mass is 15.2. The minimum absolute atomic E-state index is 0.610. The highest BCUT2D eigenvalue weighted by Crippen LogP contribution is 2.39. The molecule has 0 aromatic rings. The van der Waals surface area contributed by atoms with Crippen molar-refractivity contribution >= 4 is 0 Å². The first-order chi connectivity index (χ1) is 6.57.